The van der Waals surface area contributed by atoms with Crippen LogP contribution in [0.25, 0.3) is 0 Å². The molecule has 2 rings (SSSR count). The molecule has 0 aromatic heterocycles. The third-order valence-corrected chi connectivity index (χ3v) is 3.23. The first-order chi connectivity index (χ1) is 10.2. The summed E-state index contributed by atoms with van der Waals surface area (Å²) in [4.78, 5) is 1.92. The van der Waals surface area contributed by atoms with E-state index in [9.17, 15) is 9.50 Å². The van der Waals surface area contributed by atoms with Gasteiger partial charge in [0.2, 0.25) is 0 Å². The van der Waals surface area contributed by atoms with Crippen LogP contribution in [0.1, 0.15) is 11.7 Å². The molecular formula is C17H20FNO2. The fourth-order valence-electron chi connectivity index (χ4n) is 2.07. The number of halogens is 1. The number of ether oxygens (including phenoxy) is 1. The maximum atomic E-state index is 13.6. The molecule has 0 aliphatic rings. The Hall–Kier alpha value is -1.91. The van der Waals surface area contributed by atoms with Gasteiger partial charge in [-0.1, -0.05) is 36.4 Å². The van der Waals surface area contributed by atoms with Gasteiger partial charge in [0.25, 0.3) is 0 Å². The van der Waals surface area contributed by atoms with Crippen molar-refractivity contribution in [3.05, 3.63) is 66.0 Å². The van der Waals surface area contributed by atoms with Crippen LogP contribution < -0.4 is 4.74 Å². The summed E-state index contributed by atoms with van der Waals surface area (Å²) in [5, 5.41) is 10.1. The topological polar surface area (TPSA) is 32.7 Å². The van der Waals surface area contributed by atoms with Crippen molar-refractivity contribution in [3.8, 4) is 5.75 Å². The normalized spacial score (nSPS) is 12.4. The van der Waals surface area contributed by atoms with Crippen molar-refractivity contribution in [2.75, 3.05) is 26.7 Å². The third kappa shape index (κ3) is 4.85. The first-order valence-corrected chi connectivity index (χ1v) is 6.95. The van der Waals surface area contributed by atoms with Crippen molar-refractivity contribution >= 4 is 0 Å². The van der Waals surface area contributed by atoms with Crippen molar-refractivity contribution in [1.82, 2.24) is 4.90 Å². The van der Waals surface area contributed by atoms with Gasteiger partial charge < -0.3 is 14.7 Å². The second-order valence-electron chi connectivity index (χ2n) is 4.96. The number of benzene rings is 2. The lowest BCUT2D eigenvalue weighted by Gasteiger charge is -2.21. The fourth-order valence-corrected chi connectivity index (χ4v) is 2.07. The van der Waals surface area contributed by atoms with Gasteiger partial charge >= 0.3 is 0 Å². The van der Waals surface area contributed by atoms with Gasteiger partial charge in [-0.15, -0.1) is 0 Å². The van der Waals surface area contributed by atoms with Crippen molar-refractivity contribution in [2.24, 2.45) is 0 Å². The van der Waals surface area contributed by atoms with Gasteiger partial charge in [0.1, 0.15) is 18.2 Å². The molecule has 1 atom stereocenters. The summed E-state index contributed by atoms with van der Waals surface area (Å²) in [5.74, 6) is 0.444. The Morgan fingerprint density at radius 2 is 1.76 bits per heavy atom. The van der Waals surface area contributed by atoms with Gasteiger partial charge in [0.15, 0.2) is 0 Å². The lowest BCUT2D eigenvalue weighted by atomic mass is 10.1. The summed E-state index contributed by atoms with van der Waals surface area (Å²) >= 11 is 0. The molecule has 21 heavy (non-hydrogen) atoms. The number of aliphatic hydroxyl groups is 1. The van der Waals surface area contributed by atoms with Crippen LogP contribution in [0.5, 0.6) is 5.75 Å². The monoisotopic (exact) mass is 289 g/mol. The zero-order chi connectivity index (χ0) is 15.1. The van der Waals surface area contributed by atoms with E-state index in [4.69, 9.17) is 4.74 Å². The van der Waals surface area contributed by atoms with Crippen molar-refractivity contribution < 1.29 is 14.2 Å². The van der Waals surface area contributed by atoms with E-state index in [2.05, 4.69) is 0 Å². The second-order valence-corrected chi connectivity index (χ2v) is 4.96. The van der Waals surface area contributed by atoms with E-state index in [1.165, 1.54) is 6.07 Å². The van der Waals surface area contributed by atoms with E-state index < -0.39 is 6.10 Å². The van der Waals surface area contributed by atoms with Crippen LogP contribution in [0.2, 0.25) is 0 Å². The Balaban J connectivity index is 1.77. The second kappa shape index (κ2) is 7.76. The van der Waals surface area contributed by atoms with E-state index in [1.807, 2.05) is 42.3 Å². The average Bonchev–Trinajstić information content (AvgIpc) is 2.48. The first kappa shape index (κ1) is 15.5. The molecule has 0 amide bonds. The third-order valence-electron chi connectivity index (χ3n) is 3.23. The lowest BCUT2D eigenvalue weighted by Crippen LogP contribution is -2.29. The van der Waals surface area contributed by atoms with Crippen molar-refractivity contribution in [2.45, 2.75) is 6.10 Å². The first-order valence-electron chi connectivity index (χ1n) is 6.95. The minimum Gasteiger partial charge on any atom is -0.492 e. The van der Waals surface area contributed by atoms with Crippen LogP contribution in [-0.4, -0.2) is 36.8 Å². The summed E-state index contributed by atoms with van der Waals surface area (Å²) in [6.07, 6.45) is -0.840. The number of aliphatic hydroxyl groups excluding tert-OH is 1. The van der Waals surface area contributed by atoms with E-state index in [-0.39, 0.29) is 5.82 Å². The highest BCUT2D eigenvalue weighted by Gasteiger charge is 2.14. The van der Waals surface area contributed by atoms with E-state index in [1.54, 1.807) is 18.2 Å². The van der Waals surface area contributed by atoms with Crippen LogP contribution in [-0.2, 0) is 0 Å². The lowest BCUT2D eigenvalue weighted by molar-refractivity contribution is 0.115. The zero-order valence-electron chi connectivity index (χ0n) is 12.1. The molecule has 0 aliphatic heterocycles. The highest BCUT2D eigenvalue weighted by atomic mass is 19.1. The Bertz CT molecular complexity index is 547. The van der Waals surface area contributed by atoms with E-state index in [0.29, 0.717) is 25.3 Å². The van der Waals surface area contributed by atoms with Crippen LogP contribution >= 0.6 is 0 Å². The molecule has 2 aromatic carbocycles. The molecule has 1 unspecified atom stereocenters. The molecule has 112 valence electrons. The minimum atomic E-state index is -0.840. The number of hydrogen-bond donors (Lipinski definition) is 1. The number of likely N-dealkylation sites (N-methyl/N-ethyl adjacent to an activating group) is 1. The molecule has 0 saturated carbocycles. The van der Waals surface area contributed by atoms with Gasteiger partial charge in [-0.2, -0.15) is 0 Å². The Labute approximate surface area is 124 Å². The molecule has 0 heterocycles. The summed E-state index contributed by atoms with van der Waals surface area (Å²) < 4.78 is 19.2. The SMILES string of the molecule is CN(CCOc1ccccc1)CC(O)c1ccccc1F. The van der Waals surface area contributed by atoms with Crippen molar-refractivity contribution in [1.29, 1.82) is 0 Å². The molecule has 3 nitrogen and oxygen atoms in total. The Morgan fingerprint density at radius 1 is 1.10 bits per heavy atom. The molecule has 0 fully saturated rings. The summed E-state index contributed by atoms with van der Waals surface area (Å²) in [7, 11) is 1.87. The number of rotatable bonds is 7. The summed E-state index contributed by atoms with van der Waals surface area (Å²) in [6, 6.07) is 15.9. The summed E-state index contributed by atoms with van der Waals surface area (Å²) in [5.41, 5.74) is 0.327. The maximum Gasteiger partial charge on any atom is 0.129 e. The van der Waals surface area contributed by atoms with E-state index >= 15 is 0 Å². The number of hydrogen-bond acceptors (Lipinski definition) is 3. The molecule has 0 bridgehead atoms. The maximum absolute atomic E-state index is 13.6. The predicted octanol–water partition coefficient (Wildman–Crippen LogP) is 2.87. The molecule has 0 radical (unpaired) electrons. The van der Waals surface area contributed by atoms with Gasteiger partial charge in [0, 0.05) is 18.7 Å². The molecule has 0 aliphatic carbocycles. The van der Waals surface area contributed by atoms with Crippen LogP contribution in [0.15, 0.2) is 54.6 Å². The smallest absolute Gasteiger partial charge is 0.129 e. The average molecular weight is 289 g/mol. The zero-order valence-corrected chi connectivity index (χ0v) is 12.1. The van der Waals surface area contributed by atoms with Gasteiger partial charge in [-0.3, -0.25) is 0 Å². The molecule has 4 heteroatoms. The minimum absolute atomic E-state index is 0.327. The fraction of sp³-hybridized carbons (Fsp3) is 0.294. The van der Waals surface area contributed by atoms with Crippen LogP contribution in [0.3, 0.4) is 0 Å². The van der Waals surface area contributed by atoms with Crippen molar-refractivity contribution in [3.63, 3.8) is 0 Å². The number of para-hydroxylation sites is 1. The van der Waals surface area contributed by atoms with Gasteiger partial charge in [-0.05, 0) is 25.2 Å². The molecule has 0 saturated heterocycles. The van der Waals surface area contributed by atoms with Crippen LogP contribution in [0.4, 0.5) is 4.39 Å². The quantitative estimate of drug-likeness (QED) is 0.850. The van der Waals surface area contributed by atoms with Crippen LogP contribution in [0, 0.1) is 5.82 Å². The van der Waals surface area contributed by atoms with Gasteiger partial charge in [0.05, 0.1) is 6.10 Å². The number of nitrogens with zero attached hydrogens (tertiary/aromatic N) is 1. The highest BCUT2D eigenvalue weighted by Crippen LogP contribution is 2.17. The summed E-state index contributed by atoms with van der Waals surface area (Å²) in [6.45, 7) is 1.53. The Kier molecular flexibility index (Phi) is 5.72. The Morgan fingerprint density at radius 3 is 2.48 bits per heavy atom. The highest BCUT2D eigenvalue weighted by molar-refractivity contribution is 5.21. The molecular weight excluding hydrogens is 269 g/mol. The largest absolute Gasteiger partial charge is 0.492 e. The molecule has 2 aromatic rings. The standard InChI is InChI=1S/C17H20FNO2/c1-19(11-12-21-14-7-3-2-4-8-14)13-17(20)15-9-5-6-10-16(15)18/h2-10,17,20H,11-13H2,1H3. The molecule has 0 spiro atoms. The van der Waals surface area contributed by atoms with Gasteiger partial charge in [-0.25, -0.2) is 4.39 Å². The van der Waals surface area contributed by atoms with E-state index in [0.717, 1.165) is 5.75 Å². The molecule has 1 N–H and O–H groups in total. The predicted molar refractivity (Wildman–Crippen MR) is 80.8 cm³/mol.